The molecule has 0 aromatic rings. The highest BCUT2D eigenvalue weighted by Crippen LogP contribution is 1.76. The van der Waals surface area contributed by atoms with Crippen molar-refractivity contribution in [1.29, 1.82) is 0 Å². The van der Waals surface area contributed by atoms with Crippen LogP contribution in [0.2, 0.25) is 0 Å². The second-order valence-corrected chi connectivity index (χ2v) is 2.78. The molecule has 5 heteroatoms. The van der Waals surface area contributed by atoms with E-state index in [0.29, 0.717) is 5.11 Å². The molecule has 11 heavy (non-hydrogen) atoms. The average Bonchev–Trinajstić information content (AvgIpc) is 1.82. The van der Waals surface area contributed by atoms with Crippen LogP contribution in [0.15, 0.2) is 0 Å². The van der Waals surface area contributed by atoms with Gasteiger partial charge in [0.25, 0.3) is 0 Å². The Balaban J connectivity index is 3.45. The van der Waals surface area contributed by atoms with Gasteiger partial charge in [0.2, 0.25) is 0 Å². The fourth-order valence-corrected chi connectivity index (χ4v) is 0.777. The van der Waals surface area contributed by atoms with E-state index >= 15 is 0 Å². The summed E-state index contributed by atoms with van der Waals surface area (Å²) >= 11 is 4.76. The number of thiocarbonyl (C=S) groups is 1. The molecule has 0 amide bonds. The Hall–Kier alpha value is -0.840. The predicted molar refractivity (Wildman–Crippen MR) is 46.5 cm³/mol. The lowest BCUT2D eigenvalue weighted by Crippen LogP contribution is -2.41. The third kappa shape index (κ3) is 7.05. The summed E-state index contributed by atoms with van der Waals surface area (Å²) < 4.78 is 0. The molecule has 4 nitrogen and oxygen atoms in total. The zero-order chi connectivity index (χ0) is 8.85. The molecule has 0 aliphatic carbocycles. The third-order valence-corrected chi connectivity index (χ3v) is 1.08. The monoisotopic (exact) mass is 176 g/mol. The maximum absolute atomic E-state index is 10.0. The zero-order valence-corrected chi connectivity index (χ0v) is 7.36. The molecule has 0 radical (unpaired) electrons. The summed E-state index contributed by atoms with van der Waals surface area (Å²) in [5.74, 6) is -0.919. The molecule has 64 valence electrons. The molecule has 0 aliphatic rings. The minimum atomic E-state index is -0.919. The van der Waals surface area contributed by atoms with Crippen LogP contribution < -0.4 is 10.6 Å². The van der Waals surface area contributed by atoms with E-state index in [0.717, 1.165) is 0 Å². The van der Waals surface area contributed by atoms with E-state index in [4.69, 9.17) is 17.3 Å². The van der Waals surface area contributed by atoms with Gasteiger partial charge in [-0.25, -0.2) is 0 Å². The number of hydrogen-bond acceptors (Lipinski definition) is 2. The Labute approximate surface area is 71.0 Å². The first kappa shape index (κ1) is 10.2. The molecular weight excluding hydrogens is 164 g/mol. The standard InChI is InChI=1S/C6H12N2O2S/c1-4(2)8-6(11)7-3-5(9)10/h4H,3H2,1-2H3,(H,9,10)(H2,7,8,11). The quantitative estimate of drug-likeness (QED) is 0.526. The van der Waals surface area contributed by atoms with Gasteiger partial charge >= 0.3 is 5.97 Å². The van der Waals surface area contributed by atoms with Gasteiger partial charge in [-0.3, -0.25) is 4.79 Å². The summed E-state index contributed by atoms with van der Waals surface area (Å²) in [4.78, 5) is 10.0. The van der Waals surface area contributed by atoms with Gasteiger partial charge in [0, 0.05) is 6.04 Å². The minimum Gasteiger partial charge on any atom is -0.480 e. The Morgan fingerprint density at radius 3 is 2.55 bits per heavy atom. The molecule has 0 fully saturated rings. The smallest absolute Gasteiger partial charge is 0.322 e. The van der Waals surface area contributed by atoms with Crippen molar-refractivity contribution in [3.8, 4) is 0 Å². The van der Waals surface area contributed by atoms with Crippen LogP contribution in [0.25, 0.3) is 0 Å². The third-order valence-electron chi connectivity index (χ3n) is 0.820. The molecule has 0 rings (SSSR count). The fraction of sp³-hybridized carbons (Fsp3) is 0.667. The maximum atomic E-state index is 10.0. The Kier molecular flexibility index (Phi) is 4.52. The molecule has 0 heterocycles. The summed E-state index contributed by atoms with van der Waals surface area (Å²) in [5.41, 5.74) is 0. The molecule has 0 aromatic carbocycles. The van der Waals surface area contributed by atoms with Crippen molar-refractivity contribution < 1.29 is 9.90 Å². The van der Waals surface area contributed by atoms with Crippen LogP contribution in [0.5, 0.6) is 0 Å². The van der Waals surface area contributed by atoms with Gasteiger partial charge < -0.3 is 15.7 Å². The zero-order valence-electron chi connectivity index (χ0n) is 6.55. The lowest BCUT2D eigenvalue weighted by atomic mass is 10.4. The first-order valence-corrected chi connectivity index (χ1v) is 3.69. The van der Waals surface area contributed by atoms with Crippen LogP contribution in [0.1, 0.15) is 13.8 Å². The van der Waals surface area contributed by atoms with Crippen molar-refractivity contribution in [1.82, 2.24) is 10.6 Å². The summed E-state index contributed by atoms with van der Waals surface area (Å²) in [6.45, 7) is 3.71. The molecule has 0 unspecified atom stereocenters. The summed E-state index contributed by atoms with van der Waals surface area (Å²) in [6, 6.07) is 0.226. The van der Waals surface area contributed by atoms with Crippen LogP contribution in [0.3, 0.4) is 0 Å². The van der Waals surface area contributed by atoms with Crippen LogP contribution in [0, 0.1) is 0 Å². The molecule has 3 N–H and O–H groups in total. The van der Waals surface area contributed by atoms with Crippen LogP contribution in [-0.4, -0.2) is 28.8 Å². The molecule has 0 bridgehead atoms. The van der Waals surface area contributed by atoms with E-state index in [1.807, 2.05) is 13.8 Å². The number of carboxylic acids is 1. The van der Waals surface area contributed by atoms with Gasteiger partial charge in [-0.15, -0.1) is 0 Å². The highest BCUT2D eigenvalue weighted by molar-refractivity contribution is 7.80. The van der Waals surface area contributed by atoms with Crippen molar-refractivity contribution in [2.75, 3.05) is 6.54 Å². The first-order valence-electron chi connectivity index (χ1n) is 3.28. The highest BCUT2D eigenvalue weighted by atomic mass is 32.1. The SMILES string of the molecule is CC(C)NC(=S)NCC(=O)O. The van der Waals surface area contributed by atoms with Crippen molar-refractivity contribution in [2.45, 2.75) is 19.9 Å². The van der Waals surface area contributed by atoms with Crippen molar-refractivity contribution in [3.05, 3.63) is 0 Å². The summed E-state index contributed by atoms with van der Waals surface area (Å²) in [5, 5.41) is 14.0. The van der Waals surface area contributed by atoms with E-state index in [1.165, 1.54) is 0 Å². The number of carbonyl (C=O) groups is 1. The van der Waals surface area contributed by atoms with E-state index in [-0.39, 0.29) is 12.6 Å². The number of rotatable bonds is 3. The van der Waals surface area contributed by atoms with Gasteiger partial charge in [0.1, 0.15) is 6.54 Å². The van der Waals surface area contributed by atoms with Gasteiger partial charge in [0.05, 0.1) is 0 Å². The lowest BCUT2D eigenvalue weighted by Gasteiger charge is -2.10. The fourth-order valence-electron chi connectivity index (χ4n) is 0.469. The molecule has 0 aromatic heterocycles. The van der Waals surface area contributed by atoms with Crippen LogP contribution in [0.4, 0.5) is 0 Å². The number of aliphatic carboxylic acids is 1. The largest absolute Gasteiger partial charge is 0.480 e. The van der Waals surface area contributed by atoms with Crippen molar-refractivity contribution >= 4 is 23.3 Å². The summed E-state index contributed by atoms with van der Waals surface area (Å²) in [7, 11) is 0. The number of carboxylic acid groups (broad SMARTS) is 1. The second-order valence-electron chi connectivity index (χ2n) is 2.38. The Morgan fingerprint density at radius 1 is 1.64 bits per heavy atom. The maximum Gasteiger partial charge on any atom is 0.322 e. The minimum absolute atomic E-state index is 0.140. The van der Waals surface area contributed by atoms with Crippen LogP contribution in [-0.2, 0) is 4.79 Å². The number of hydrogen-bond donors (Lipinski definition) is 3. The molecular formula is C6H12N2O2S. The predicted octanol–water partition coefficient (Wildman–Crippen LogP) is -0.0565. The molecule has 0 saturated carbocycles. The van der Waals surface area contributed by atoms with Crippen molar-refractivity contribution in [2.24, 2.45) is 0 Å². The van der Waals surface area contributed by atoms with E-state index < -0.39 is 5.97 Å². The van der Waals surface area contributed by atoms with E-state index in [9.17, 15) is 4.79 Å². The molecule has 0 atom stereocenters. The average molecular weight is 176 g/mol. The van der Waals surface area contributed by atoms with Gasteiger partial charge in [-0.2, -0.15) is 0 Å². The number of nitrogens with one attached hydrogen (secondary N) is 2. The molecule has 0 saturated heterocycles. The first-order chi connectivity index (χ1) is 5.02. The van der Waals surface area contributed by atoms with Gasteiger partial charge in [-0.1, -0.05) is 0 Å². The van der Waals surface area contributed by atoms with Gasteiger partial charge in [0.15, 0.2) is 5.11 Å². The Morgan fingerprint density at radius 2 is 2.18 bits per heavy atom. The van der Waals surface area contributed by atoms with E-state index in [2.05, 4.69) is 10.6 Å². The van der Waals surface area contributed by atoms with Crippen molar-refractivity contribution in [3.63, 3.8) is 0 Å². The lowest BCUT2D eigenvalue weighted by molar-refractivity contribution is -0.135. The second kappa shape index (κ2) is 4.90. The normalized spacial score (nSPS) is 9.36. The molecule has 0 aliphatic heterocycles. The van der Waals surface area contributed by atoms with Crippen LogP contribution >= 0.6 is 12.2 Å². The molecule has 0 spiro atoms. The van der Waals surface area contributed by atoms with Gasteiger partial charge in [-0.05, 0) is 26.1 Å². The summed E-state index contributed by atoms with van der Waals surface area (Å²) in [6.07, 6.45) is 0. The Bertz CT molecular complexity index is 159. The highest BCUT2D eigenvalue weighted by Gasteiger charge is 1.99. The van der Waals surface area contributed by atoms with E-state index in [1.54, 1.807) is 0 Å². The topological polar surface area (TPSA) is 61.4 Å².